The molecule has 0 bridgehead atoms. The fourth-order valence-electron chi connectivity index (χ4n) is 0.682. The third-order valence-electron chi connectivity index (χ3n) is 1.35. The summed E-state index contributed by atoms with van der Waals surface area (Å²) in [7, 11) is 0. The highest BCUT2D eigenvalue weighted by atomic mass is 16.5. The van der Waals surface area contributed by atoms with Gasteiger partial charge in [0.25, 0.3) is 0 Å². The fraction of sp³-hybridized carbons (Fsp3) is 0.667. The molecule has 0 aliphatic carbocycles. The Hall–Kier alpha value is -0.920. The lowest BCUT2D eigenvalue weighted by Crippen LogP contribution is -1.90. The Labute approximate surface area is 81.9 Å². The summed E-state index contributed by atoms with van der Waals surface area (Å²) in [5.41, 5.74) is 0. The first-order valence-electron chi connectivity index (χ1n) is 4.91. The van der Waals surface area contributed by atoms with E-state index in [0.29, 0.717) is 13.2 Å². The molecule has 0 saturated heterocycles. The SMILES string of the molecule is CCCC#CCOCC#CCCC. The van der Waals surface area contributed by atoms with Crippen molar-refractivity contribution in [2.75, 3.05) is 13.2 Å². The van der Waals surface area contributed by atoms with Gasteiger partial charge in [0.2, 0.25) is 0 Å². The van der Waals surface area contributed by atoms with Crippen LogP contribution in [0.15, 0.2) is 0 Å². The number of unbranched alkanes of at least 4 members (excludes halogenated alkanes) is 2. The van der Waals surface area contributed by atoms with Gasteiger partial charge in [-0.25, -0.2) is 0 Å². The van der Waals surface area contributed by atoms with Crippen molar-refractivity contribution in [2.45, 2.75) is 39.5 Å². The van der Waals surface area contributed by atoms with E-state index < -0.39 is 0 Å². The molecule has 0 N–H and O–H groups in total. The van der Waals surface area contributed by atoms with Crippen molar-refractivity contribution in [1.82, 2.24) is 0 Å². The monoisotopic (exact) mass is 178 g/mol. The Morgan fingerprint density at radius 2 is 1.23 bits per heavy atom. The van der Waals surface area contributed by atoms with Crippen LogP contribution in [0.2, 0.25) is 0 Å². The van der Waals surface area contributed by atoms with Gasteiger partial charge in [-0.1, -0.05) is 25.7 Å². The van der Waals surface area contributed by atoms with E-state index in [-0.39, 0.29) is 0 Å². The van der Waals surface area contributed by atoms with E-state index in [4.69, 9.17) is 4.74 Å². The number of rotatable bonds is 4. The zero-order valence-corrected chi connectivity index (χ0v) is 8.65. The molecule has 0 aliphatic heterocycles. The second kappa shape index (κ2) is 11.1. The van der Waals surface area contributed by atoms with Gasteiger partial charge in [-0.2, -0.15) is 0 Å². The van der Waals surface area contributed by atoms with Crippen LogP contribution in [0.25, 0.3) is 0 Å². The second-order valence-corrected chi connectivity index (χ2v) is 2.70. The van der Waals surface area contributed by atoms with Crippen LogP contribution in [-0.2, 0) is 4.74 Å². The van der Waals surface area contributed by atoms with Crippen LogP contribution < -0.4 is 0 Å². The maximum atomic E-state index is 5.18. The van der Waals surface area contributed by atoms with Crippen molar-refractivity contribution >= 4 is 0 Å². The summed E-state index contributed by atoms with van der Waals surface area (Å²) in [6.07, 6.45) is 4.16. The largest absolute Gasteiger partial charge is 0.356 e. The molecular formula is C12H18O. The van der Waals surface area contributed by atoms with Gasteiger partial charge in [-0.05, 0) is 12.8 Å². The van der Waals surface area contributed by atoms with Gasteiger partial charge in [-0.15, -0.1) is 11.8 Å². The van der Waals surface area contributed by atoms with Gasteiger partial charge < -0.3 is 4.74 Å². The molecule has 0 spiro atoms. The minimum absolute atomic E-state index is 0.515. The van der Waals surface area contributed by atoms with E-state index in [1.807, 2.05) is 0 Å². The summed E-state index contributed by atoms with van der Waals surface area (Å²) >= 11 is 0. The molecule has 0 aromatic heterocycles. The molecule has 72 valence electrons. The summed E-state index contributed by atoms with van der Waals surface area (Å²) in [5, 5.41) is 0. The van der Waals surface area contributed by atoms with Gasteiger partial charge in [0.1, 0.15) is 13.2 Å². The molecule has 0 aromatic rings. The second-order valence-electron chi connectivity index (χ2n) is 2.70. The van der Waals surface area contributed by atoms with Crippen molar-refractivity contribution in [3.05, 3.63) is 0 Å². The standard InChI is InChI=1S/C12H18O/c1-3-5-7-9-11-13-12-10-8-6-4-2/h3-6,11-12H2,1-2H3. The summed E-state index contributed by atoms with van der Waals surface area (Å²) in [5.74, 6) is 11.9. The third kappa shape index (κ3) is 11.1. The van der Waals surface area contributed by atoms with Crippen molar-refractivity contribution < 1.29 is 4.74 Å². The third-order valence-corrected chi connectivity index (χ3v) is 1.35. The average molecular weight is 178 g/mol. The van der Waals surface area contributed by atoms with Crippen LogP contribution in [-0.4, -0.2) is 13.2 Å². The minimum Gasteiger partial charge on any atom is -0.356 e. The Bertz CT molecular complexity index is 185. The van der Waals surface area contributed by atoms with E-state index in [2.05, 4.69) is 37.5 Å². The first kappa shape index (κ1) is 12.1. The van der Waals surface area contributed by atoms with Crippen molar-refractivity contribution in [3.8, 4) is 23.7 Å². The number of hydrogen-bond donors (Lipinski definition) is 0. The molecule has 0 atom stereocenters. The molecule has 0 saturated carbocycles. The molecule has 0 heterocycles. The zero-order valence-electron chi connectivity index (χ0n) is 8.65. The van der Waals surface area contributed by atoms with Crippen molar-refractivity contribution in [2.24, 2.45) is 0 Å². The summed E-state index contributed by atoms with van der Waals surface area (Å²) in [6.45, 7) is 5.26. The predicted octanol–water partition coefficient (Wildman–Crippen LogP) is 2.61. The van der Waals surface area contributed by atoms with Gasteiger partial charge in [-0.3, -0.25) is 0 Å². The molecule has 13 heavy (non-hydrogen) atoms. The topological polar surface area (TPSA) is 9.23 Å². The van der Waals surface area contributed by atoms with E-state index in [1.54, 1.807) is 0 Å². The fourth-order valence-corrected chi connectivity index (χ4v) is 0.682. The lowest BCUT2D eigenvalue weighted by atomic mass is 10.3. The van der Waals surface area contributed by atoms with Gasteiger partial charge >= 0.3 is 0 Å². The quantitative estimate of drug-likeness (QED) is 0.475. The highest BCUT2D eigenvalue weighted by Crippen LogP contribution is 1.82. The van der Waals surface area contributed by atoms with E-state index >= 15 is 0 Å². The van der Waals surface area contributed by atoms with Crippen LogP contribution in [0.4, 0.5) is 0 Å². The summed E-state index contributed by atoms with van der Waals surface area (Å²) in [6, 6.07) is 0. The highest BCUT2D eigenvalue weighted by Gasteiger charge is 1.77. The van der Waals surface area contributed by atoms with Crippen molar-refractivity contribution in [1.29, 1.82) is 0 Å². The Kier molecular flexibility index (Phi) is 10.3. The molecule has 1 nitrogen and oxygen atoms in total. The molecule has 0 aromatic carbocycles. The molecule has 0 fully saturated rings. The Morgan fingerprint density at radius 1 is 0.769 bits per heavy atom. The molecule has 0 aliphatic rings. The summed E-state index contributed by atoms with van der Waals surface area (Å²) in [4.78, 5) is 0. The Morgan fingerprint density at radius 3 is 1.62 bits per heavy atom. The predicted molar refractivity (Wildman–Crippen MR) is 56.2 cm³/mol. The molecular weight excluding hydrogens is 160 g/mol. The summed E-state index contributed by atoms with van der Waals surface area (Å²) < 4.78 is 5.18. The normalized spacial score (nSPS) is 8.15. The van der Waals surface area contributed by atoms with Crippen LogP contribution >= 0.6 is 0 Å². The molecule has 0 amide bonds. The van der Waals surface area contributed by atoms with Gasteiger partial charge in [0.15, 0.2) is 0 Å². The zero-order chi connectivity index (χ0) is 9.78. The molecule has 1 heteroatoms. The van der Waals surface area contributed by atoms with E-state index in [0.717, 1.165) is 25.7 Å². The minimum atomic E-state index is 0.515. The van der Waals surface area contributed by atoms with Crippen LogP contribution in [0.1, 0.15) is 39.5 Å². The van der Waals surface area contributed by atoms with Gasteiger partial charge in [0, 0.05) is 12.8 Å². The lowest BCUT2D eigenvalue weighted by molar-refractivity contribution is 0.204. The maximum absolute atomic E-state index is 5.18. The number of hydrogen-bond acceptors (Lipinski definition) is 1. The van der Waals surface area contributed by atoms with Crippen LogP contribution in [0.3, 0.4) is 0 Å². The smallest absolute Gasteiger partial charge is 0.109 e. The molecule has 0 radical (unpaired) electrons. The number of ether oxygens (including phenoxy) is 1. The highest BCUT2D eigenvalue weighted by molar-refractivity contribution is 5.01. The molecule has 0 rings (SSSR count). The first-order chi connectivity index (χ1) is 6.41. The van der Waals surface area contributed by atoms with E-state index in [9.17, 15) is 0 Å². The average Bonchev–Trinajstić information content (AvgIpc) is 2.16. The lowest BCUT2D eigenvalue weighted by Gasteiger charge is -1.89. The van der Waals surface area contributed by atoms with Crippen molar-refractivity contribution in [3.63, 3.8) is 0 Å². The first-order valence-corrected chi connectivity index (χ1v) is 4.91. The molecule has 0 unspecified atom stereocenters. The van der Waals surface area contributed by atoms with Crippen LogP contribution in [0, 0.1) is 23.7 Å². The van der Waals surface area contributed by atoms with Crippen LogP contribution in [0.5, 0.6) is 0 Å². The Balaban J connectivity index is 3.19. The maximum Gasteiger partial charge on any atom is 0.109 e. The van der Waals surface area contributed by atoms with Gasteiger partial charge in [0.05, 0.1) is 0 Å². The van der Waals surface area contributed by atoms with E-state index in [1.165, 1.54) is 0 Å².